The molecule has 0 radical (unpaired) electrons. The van der Waals surface area contributed by atoms with Gasteiger partial charge in [-0.3, -0.25) is 4.72 Å². The first-order valence-electron chi connectivity index (χ1n) is 6.69. The highest BCUT2D eigenvalue weighted by atomic mass is 32.3. The second kappa shape index (κ2) is 5.42. The van der Waals surface area contributed by atoms with Gasteiger partial charge in [0.25, 0.3) is 0 Å². The van der Waals surface area contributed by atoms with Crippen LogP contribution in [0, 0.1) is 5.92 Å². The Bertz CT molecular complexity index is 289. The largest absolute Gasteiger partial charge is 0.277 e. The fourth-order valence-electron chi connectivity index (χ4n) is 2.88. The summed E-state index contributed by atoms with van der Waals surface area (Å²) >= 11 is 0. The third kappa shape index (κ3) is 2.54. The van der Waals surface area contributed by atoms with Crippen LogP contribution in [-0.4, -0.2) is 12.8 Å². The molecule has 0 saturated heterocycles. The van der Waals surface area contributed by atoms with Gasteiger partial charge in [-0.2, -0.15) is 0 Å². The van der Waals surface area contributed by atoms with Gasteiger partial charge in [-0.05, 0) is 54.4 Å². The average Bonchev–Trinajstić information content (AvgIpc) is 2.76. The monoisotopic (exact) mass is 239 g/mol. The number of nitrogens with one attached hydrogen (secondary N) is 1. The molecule has 16 heavy (non-hydrogen) atoms. The lowest BCUT2D eigenvalue weighted by Crippen LogP contribution is -2.14. The molecule has 0 aromatic rings. The van der Waals surface area contributed by atoms with Crippen molar-refractivity contribution in [2.24, 2.45) is 5.92 Å². The Morgan fingerprint density at radius 3 is 2.69 bits per heavy atom. The van der Waals surface area contributed by atoms with Crippen LogP contribution < -0.4 is 4.72 Å². The molecule has 1 N–H and O–H groups in total. The van der Waals surface area contributed by atoms with Crippen LogP contribution in [0.15, 0.2) is 22.5 Å². The van der Waals surface area contributed by atoms with Gasteiger partial charge in [0.2, 0.25) is 0 Å². The minimum Gasteiger partial charge on any atom is -0.277 e. The molecule has 1 atom stereocenters. The Labute approximate surface area is 102 Å². The lowest BCUT2D eigenvalue weighted by Gasteiger charge is -2.31. The highest BCUT2D eigenvalue weighted by Gasteiger charge is 2.25. The zero-order valence-electron chi connectivity index (χ0n) is 10.7. The number of hydrogen-bond donors (Lipinski definition) is 1. The summed E-state index contributed by atoms with van der Waals surface area (Å²) in [5.41, 5.74) is 1.64. The maximum Gasteiger partial charge on any atom is -0.00408 e. The third-order valence-corrected chi connectivity index (χ3v) is 7.01. The second-order valence-electron chi connectivity index (χ2n) is 5.01. The second-order valence-corrected chi connectivity index (χ2v) is 8.04. The first-order valence-corrected chi connectivity index (χ1v) is 8.62. The standard InChI is InChI=1S/C14H25NS/c1-3-10-16(15-2)11-9-14(12-16)13-7-5-4-6-8-13/h9,11-13,15H,3-8,10H2,1-2H3. The molecule has 1 aliphatic heterocycles. The molecule has 0 amide bonds. The summed E-state index contributed by atoms with van der Waals surface area (Å²) in [7, 11) is 1.38. The molecule has 0 bridgehead atoms. The smallest absolute Gasteiger partial charge is 0.00408 e. The fraction of sp³-hybridized carbons (Fsp3) is 0.714. The molecule has 0 spiro atoms. The summed E-state index contributed by atoms with van der Waals surface area (Å²) in [4.78, 5) is 0. The van der Waals surface area contributed by atoms with E-state index in [1.807, 2.05) is 0 Å². The van der Waals surface area contributed by atoms with Gasteiger partial charge in [-0.25, -0.2) is 0 Å². The van der Waals surface area contributed by atoms with E-state index in [9.17, 15) is 0 Å². The predicted octanol–water partition coefficient (Wildman–Crippen LogP) is 4.33. The van der Waals surface area contributed by atoms with Gasteiger partial charge in [0.05, 0.1) is 0 Å². The minimum atomic E-state index is -0.740. The molecule has 1 nitrogen and oxygen atoms in total. The number of hydrogen-bond acceptors (Lipinski definition) is 1. The van der Waals surface area contributed by atoms with Crippen LogP contribution >= 0.6 is 10.2 Å². The van der Waals surface area contributed by atoms with Crippen molar-refractivity contribution in [1.29, 1.82) is 0 Å². The topological polar surface area (TPSA) is 12.0 Å². The first-order chi connectivity index (χ1) is 7.79. The van der Waals surface area contributed by atoms with Crippen LogP contribution in [0.25, 0.3) is 0 Å². The van der Waals surface area contributed by atoms with E-state index in [-0.39, 0.29) is 0 Å². The molecule has 2 heteroatoms. The minimum absolute atomic E-state index is 0.740. The normalized spacial score (nSPS) is 34.8. The molecule has 0 aromatic heterocycles. The Morgan fingerprint density at radius 2 is 2.06 bits per heavy atom. The van der Waals surface area contributed by atoms with Crippen LogP contribution in [0.1, 0.15) is 45.4 Å². The Hall–Kier alpha value is -0.210. The van der Waals surface area contributed by atoms with E-state index in [0.29, 0.717) is 0 Å². The summed E-state index contributed by atoms with van der Waals surface area (Å²) in [5.74, 6) is 2.17. The maximum atomic E-state index is 3.57. The summed E-state index contributed by atoms with van der Waals surface area (Å²) in [5, 5.41) is 5.03. The summed E-state index contributed by atoms with van der Waals surface area (Å²) in [6.45, 7) is 2.28. The molecule has 1 aliphatic carbocycles. The van der Waals surface area contributed by atoms with Crippen molar-refractivity contribution in [3.05, 3.63) is 22.5 Å². The summed E-state index contributed by atoms with van der Waals surface area (Å²) in [6, 6.07) is 0. The third-order valence-electron chi connectivity index (χ3n) is 3.85. The van der Waals surface area contributed by atoms with Crippen molar-refractivity contribution in [3.63, 3.8) is 0 Å². The van der Waals surface area contributed by atoms with Crippen LogP contribution in [0.2, 0.25) is 0 Å². The molecule has 1 heterocycles. The molecule has 1 saturated carbocycles. The highest BCUT2D eigenvalue weighted by Crippen LogP contribution is 2.53. The quantitative estimate of drug-likeness (QED) is 0.770. The highest BCUT2D eigenvalue weighted by molar-refractivity contribution is 8.37. The lowest BCUT2D eigenvalue weighted by molar-refractivity contribution is 0.409. The maximum absolute atomic E-state index is 3.57. The van der Waals surface area contributed by atoms with Crippen molar-refractivity contribution in [2.45, 2.75) is 45.4 Å². The van der Waals surface area contributed by atoms with Crippen molar-refractivity contribution >= 4 is 10.2 Å². The first kappa shape index (κ1) is 12.3. The van der Waals surface area contributed by atoms with Gasteiger partial charge in [-0.1, -0.05) is 32.3 Å². The van der Waals surface area contributed by atoms with E-state index in [0.717, 1.165) is 5.92 Å². The lowest BCUT2D eigenvalue weighted by atomic mass is 9.84. The van der Waals surface area contributed by atoms with Crippen molar-refractivity contribution in [1.82, 2.24) is 4.72 Å². The van der Waals surface area contributed by atoms with Crippen molar-refractivity contribution in [2.75, 3.05) is 12.8 Å². The molecule has 2 rings (SSSR count). The van der Waals surface area contributed by atoms with Crippen LogP contribution in [0.4, 0.5) is 0 Å². The van der Waals surface area contributed by atoms with Gasteiger partial charge in [0, 0.05) is 0 Å². The SMILES string of the molecule is CCCS1(NC)C=CC(C2CCCCC2)=C1. The van der Waals surface area contributed by atoms with Gasteiger partial charge in [-0.15, -0.1) is 10.2 Å². The summed E-state index contributed by atoms with van der Waals surface area (Å²) < 4.78 is 3.57. The van der Waals surface area contributed by atoms with Crippen LogP contribution in [-0.2, 0) is 0 Å². The molecule has 92 valence electrons. The van der Waals surface area contributed by atoms with Crippen LogP contribution in [0.3, 0.4) is 0 Å². The predicted molar refractivity (Wildman–Crippen MR) is 75.6 cm³/mol. The number of allylic oxidation sites excluding steroid dienone is 2. The van der Waals surface area contributed by atoms with E-state index < -0.39 is 10.2 Å². The van der Waals surface area contributed by atoms with Crippen molar-refractivity contribution in [3.8, 4) is 0 Å². The zero-order chi connectivity index (χ0) is 11.4. The van der Waals surface area contributed by atoms with Gasteiger partial charge in [0.15, 0.2) is 0 Å². The fourth-order valence-corrected chi connectivity index (χ4v) is 5.51. The van der Waals surface area contributed by atoms with E-state index in [1.54, 1.807) is 5.57 Å². The molecular weight excluding hydrogens is 214 g/mol. The van der Waals surface area contributed by atoms with Crippen LogP contribution in [0.5, 0.6) is 0 Å². The van der Waals surface area contributed by atoms with E-state index in [2.05, 4.69) is 35.6 Å². The molecule has 1 unspecified atom stereocenters. The Morgan fingerprint density at radius 1 is 1.31 bits per heavy atom. The molecule has 0 aromatic carbocycles. The average molecular weight is 239 g/mol. The summed E-state index contributed by atoms with van der Waals surface area (Å²) in [6.07, 6.45) is 10.8. The molecular formula is C14H25NS. The zero-order valence-corrected chi connectivity index (χ0v) is 11.5. The van der Waals surface area contributed by atoms with Crippen molar-refractivity contribution < 1.29 is 0 Å². The van der Waals surface area contributed by atoms with E-state index in [4.69, 9.17) is 0 Å². The van der Waals surface area contributed by atoms with Gasteiger partial charge < -0.3 is 0 Å². The number of rotatable bonds is 4. The molecule has 2 aliphatic rings. The Balaban J connectivity index is 2.06. The molecule has 1 fully saturated rings. The van der Waals surface area contributed by atoms with Gasteiger partial charge in [0.1, 0.15) is 0 Å². The van der Waals surface area contributed by atoms with Gasteiger partial charge >= 0.3 is 0 Å². The van der Waals surface area contributed by atoms with E-state index in [1.165, 1.54) is 44.3 Å². The van der Waals surface area contributed by atoms with E-state index >= 15 is 0 Å². The Kier molecular flexibility index (Phi) is 4.15.